The number of aliphatic hydroxyl groups is 1. The highest BCUT2D eigenvalue weighted by Gasteiger charge is 2.45. The molecule has 6 rings (SSSR count). The minimum Gasteiger partial charge on any atom is -0.391 e. The van der Waals surface area contributed by atoms with Crippen LogP contribution >= 0.6 is 0 Å². The third kappa shape index (κ3) is 45.6. The summed E-state index contributed by atoms with van der Waals surface area (Å²) in [6.07, 6.45) is 30.2. The summed E-state index contributed by atoms with van der Waals surface area (Å²) in [5.74, 6) is -9.13. The van der Waals surface area contributed by atoms with E-state index in [0.29, 0.717) is 70.9 Å². The van der Waals surface area contributed by atoms with Gasteiger partial charge in [-0.1, -0.05) is 223 Å². The van der Waals surface area contributed by atoms with Crippen molar-refractivity contribution in [3.05, 3.63) is 0 Å². The van der Waals surface area contributed by atoms with E-state index in [0.717, 1.165) is 193 Å². The first-order valence-electron chi connectivity index (χ1n) is 56.2. The average molecular weight is 2080 g/mol. The molecule has 0 aromatic rings. The van der Waals surface area contributed by atoms with Gasteiger partial charge in [-0.25, -0.2) is 0 Å². The lowest BCUT2D eigenvalue weighted by molar-refractivity contribution is -0.147. The zero-order valence-electron chi connectivity index (χ0n) is 92.6. The Hall–Kier alpha value is -8.35. The van der Waals surface area contributed by atoms with Gasteiger partial charge in [-0.3, -0.25) is 71.9 Å². The van der Waals surface area contributed by atoms with E-state index in [1.807, 2.05) is 48.5 Å². The van der Waals surface area contributed by atoms with Crippen molar-refractivity contribution in [2.45, 2.75) is 462 Å². The minimum atomic E-state index is -1.32. The van der Waals surface area contributed by atoms with Crippen LogP contribution in [0.4, 0.5) is 0 Å². The number of carbonyl (C=O) groups is 15. The van der Waals surface area contributed by atoms with Gasteiger partial charge in [0, 0.05) is 72.1 Å². The van der Waals surface area contributed by atoms with Gasteiger partial charge in [-0.2, -0.15) is 0 Å². The molecule has 6 aliphatic rings. The Morgan fingerprint density at radius 3 is 1.01 bits per heavy atom. The number of amides is 15. The van der Waals surface area contributed by atoms with Gasteiger partial charge in [0.15, 0.2) is 0 Å². The highest BCUT2D eigenvalue weighted by Crippen LogP contribution is 2.33. The number of nitrogens with one attached hydrogen (secondary N) is 12. The van der Waals surface area contributed by atoms with Crippen molar-refractivity contribution < 1.29 is 96.0 Å². The lowest BCUT2D eigenvalue weighted by Gasteiger charge is -2.35. The van der Waals surface area contributed by atoms with Gasteiger partial charge in [0.05, 0.1) is 68.6 Å². The first-order chi connectivity index (χ1) is 70.2. The Bertz CT molecular complexity index is 3910. The predicted molar refractivity (Wildman–Crippen MR) is 568 cm³/mol. The summed E-state index contributed by atoms with van der Waals surface area (Å²) in [7, 11) is 4.93. The third-order valence-electron chi connectivity index (χ3n) is 29.7. The number of likely N-dealkylation sites (N-methyl/N-ethyl adjacent to an activating group) is 3. The van der Waals surface area contributed by atoms with Crippen molar-refractivity contribution in [1.29, 1.82) is 0 Å². The number of nitrogens with zero attached hydrogens (tertiary/aromatic N) is 3. The summed E-state index contributed by atoms with van der Waals surface area (Å²) < 4.78 is 24.6. The molecular formula is C107H198N20O20. The number of carbonyl (C=O) groups excluding carboxylic acids is 15. The van der Waals surface area contributed by atoms with Crippen LogP contribution in [0.3, 0.4) is 0 Å². The summed E-state index contributed by atoms with van der Waals surface area (Å²) in [6, 6.07) is -13.7. The molecule has 6 fully saturated rings. The van der Waals surface area contributed by atoms with Crippen molar-refractivity contribution in [1.82, 2.24) is 78.5 Å². The normalized spacial score (nSPS) is 29.7. The quantitative estimate of drug-likeness (QED) is 0.0276. The van der Waals surface area contributed by atoms with Crippen LogP contribution in [-0.2, 0) is 90.9 Å². The fourth-order valence-electron chi connectivity index (χ4n) is 20.4. The van der Waals surface area contributed by atoms with E-state index in [1.165, 1.54) is 21.6 Å². The lowest BCUT2D eigenvalue weighted by atomic mass is 9.83. The zero-order valence-corrected chi connectivity index (χ0v) is 92.6. The molecule has 40 nitrogen and oxygen atoms in total. The number of rotatable bonds is 35. The number of unbranched alkanes of at least 4 members (excludes halogenated alkanes) is 10. The lowest BCUT2D eigenvalue weighted by Crippen LogP contribution is -2.62. The average Bonchev–Trinajstić information content (AvgIpc) is 1.82. The molecule has 3 aliphatic carbocycles. The molecule has 3 saturated heterocycles. The summed E-state index contributed by atoms with van der Waals surface area (Å²) >= 11 is 0. The van der Waals surface area contributed by atoms with Crippen LogP contribution < -0.4 is 92.5 Å². The highest BCUT2D eigenvalue weighted by atomic mass is 16.5. The molecule has 15 amide bonds. The van der Waals surface area contributed by atoms with Gasteiger partial charge in [0.25, 0.3) is 0 Å². The second kappa shape index (κ2) is 72.2. The number of ether oxygens (including phenoxy) is 4. The fourth-order valence-corrected chi connectivity index (χ4v) is 20.4. The number of hydrogen-bond acceptors (Lipinski definition) is 25. The van der Waals surface area contributed by atoms with Crippen LogP contribution in [0, 0.1) is 41.4 Å². The van der Waals surface area contributed by atoms with Gasteiger partial charge in [-0.15, -0.1) is 0 Å². The first-order valence-corrected chi connectivity index (χ1v) is 56.2. The minimum absolute atomic E-state index is 0.0826. The van der Waals surface area contributed by atoms with E-state index in [-0.39, 0.29) is 94.0 Å². The Morgan fingerprint density at radius 2 is 0.653 bits per heavy atom. The van der Waals surface area contributed by atoms with Crippen molar-refractivity contribution in [3.8, 4) is 0 Å². The van der Waals surface area contributed by atoms with Gasteiger partial charge >= 0.3 is 0 Å². The number of hydrogen-bond donors (Lipinski definition) is 18. The standard InChI is InChI=1S/C38H71N7O7.C35H65N7O6.C34H62N6O7/c1-6-8-9-14-20-32-27(4)38(50)45(5)31(17-7-2)36(48)44-33(28-18-12-10-11-13-19-28)37(49)42-29(23-40)34(46)43-30(25-51-22-16-15-21-39)35(47)41-26(3)24-52-32;1-7-8-9-14-17-29-24(5)35(47)42(6)28(18-22(2)3)33(45)41-30(25-15-12-10-11-13-16-25)34(46)40-27(20-37)32(44)39-26(19-36)31(43)38-23(4)21-48-29;1-7-9-10-14-18-25-23(5)47-20-21(3)36-32(44)28(22(4)41)38-30(42)26(19-35)37-33(45)29(24-16-12-11-13-17-24)39-31(43)27(15-8-2)40(6)34(25)46/h26-33H,6-25,39-40H2,1-5H3,(H,41,47)(H,42,49)(H,43,46)(H,44,48);22-30H,7-21,36-37H2,1-6H3,(H,38,43)(H,39,44)(H,40,46)(H,41,45);21-29,41H,7-20,35H2,1-6H3,(H,36,44)(H,37,45)(H,38,42)(H,39,43)/t26-,27-,29+,30+,31+,32-,33+;23-,24-,26+,27+,28+,29-,30+;21-,22+,23-,25-,26+,27+,28+,29+/m111/s1. The molecule has 23 N–H and O–H groups in total. The van der Waals surface area contributed by atoms with Crippen LogP contribution in [0.2, 0.25) is 0 Å². The Morgan fingerprint density at radius 1 is 0.333 bits per heavy atom. The van der Waals surface area contributed by atoms with Crippen molar-refractivity contribution in [3.63, 3.8) is 0 Å². The molecule has 3 saturated carbocycles. The molecule has 22 atom stereocenters. The third-order valence-corrected chi connectivity index (χ3v) is 29.7. The molecular weight excluding hydrogens is 1890 g/mol. The maximum atomic E-state index is 14.2. The van der Waals surface area contributed by atoms with Crippen LogP contribution in [0.1, 0.15) is 347 Å². The smallest absolute Gasteiger partial charge is 0.245 e. The predicted octanol–water partition coefficient (Wildman–Crippen LogP) is 5.47. The SMILES string of the molecule is CCCCCC[C@H]1C(=O)N(C)[C@@H](CCC)C(=O)N[C@@H](C2CCCCC2)C(=O)N[C@@H](CN)C(=O)N[C@@H]([C@H](C)O)C(=O)N[C@H](C)CO[C@@H]1C.CCCCCC[C@H]1OC[C@@H](C)NC(=O)[C@H](CN)NC(=O)[C@H](CN)NC(=O)[C@H](C2CCCCCC2)NC(=O)[C@H](CC(C)C)N(C)C(=O)[C@@H]1C.CCCCCC[C@H]1OC[C@@H](C)NC(=O)[C@H](COCCCCN)NC(=O)[C@H](CN)NC(=O)[C@H](C2CCCCCC2)NC(=O)[C@H](CCC)N(C)C(=O)[C@@H]1C. The monoisotopic (exact) mass is 2080 g/mol. The van der Waals surface area contributed by atoms with Crippen LogP contribution in [-0.4, -0.2) is 310 Å². The largest absolute Gasteiger partial charge is 0.391 e. The molecule has 0 bridgehead atoms. The molecule has 0 spiro atoms. The van der Waals surface area contributed by atoms with Crippen molar-refractivity contribution >= 4 is 88.6 Å². The van der Waals surface area contributed by atoms with Crippen LogP contribution in [0.25, 0.3) is 0 Å². The molecule has 40 heteroatoms. The molecule has 0 aromatic carbocycles. The molecule has 0 radical (unpaired) electrons. The van der Waals surface area contributed by atoms with E-state index in [1.54, 1.807) is 41.9 Å². The van der Waals surface area contributed by atoms with E-state index < -0.39 is 204 Å². The summed E-state index contributed by atoms with van der Waals surface area (Å²) in [4.78, 5) is 211. The van der Waals surface area contributed by atoms with Crippen molar-refractivity contribution in [2.75, 3.05) is 86.9 Å². The Labute approximate surface area is 878 Å². The highest BCUT2D eigenvalue weighted by molar-refractivity contribution is 5.99. The molecule has 3 aliphatic heterocycles. The van der Waals surface area contributed by atoms with E-state index in [2.05, 4.69) is 84.6 Å². The first kappa shape index (κ1) is 131. The summed E-state index contributed by atoms with van der Waals surface area (Å²) in [5.41, 5.74) is 29.4. The second-order valence-electron chi connectivity index (χ2n) is 42.8. The zero-order chi connectivity index (χ0) is 109. The maximum Gasteiger partial charge on any atom is 0.245 e. The maximum absolute atomic E-state index is 14.2. The van der Waals surface area contributed by atoms with Crippen LogP contribution in [0.15, 0.2) is 0 Å². The molecule has 0 aromatic heterocycles. The van der Waals surface area contributed by atoms with E-state index in [4.69, 9.17) is 47.6 Å². The fraction of sp³-hybridized carbons (Fsp3) is 0.860. The van der Waals surface area contributed by atoms with Gasteiger partial charge in [0.2, 0.25) is 88.6 Å². The number of aliphatic hydroxyl groups excluding tert-OH is 1. The van der Waals surface area contributed by atoms with Gasteiger partial charge < -0.3 is 131 Å². The Kier molecular flexibility index (Phi) is 64.3. The van der Waals surface area contributed by atoms with Crippen molar-refractivity contribution in [2.24, 2.45) is 70.1 Å². The van der Waals surface area contributed by atoms with E-state index >= 15 is 0 Å². The topological polar surface area (TPSA) is 597 Å². The summed E-state index contributed by atoms with van der Waals surface area (Å²) in [6.45, 7) is 26.7. The van der Waals surface area contributed by atoms with Gasteiger partial charge in [0.1, 0.15) is 72.5 Å². The van der Waals surface area contributed by atoms with Crippen LogP contribution in [0.5, 0.6) is 0 Å². The van der Waals surface area contributed by atoms with E-state index in [9.17, 15) is 77.0 Å². The molecule has 846 valence electrons. The second-order valence-corrected chi connectivity index (χ2v) is 42.8. The molecule has 3 heterocycles. The molecule has 0 unspecified atom stereocenters. The number of nitrogens with two attached hydrogens (primary N) is 5. The summed E-state index contributed by atoms with van der Waals surface area (Å²) in [5, 5.41) is 44.1. The Balaban J connectivity index is 0.000000460. The molecule has 147 heavy (non-hydrogen) atoms. The van der Waals surface area contributed by atoms with Gasteiger partial charge in [-0.05, 0) is 155 Å².